The van der Waals surface area contributed by atoms with Crippen molar-refractivity contribution in [2.24, 2.45) is 0 Å². The number of phenolic OH excluding ortho intramolecular Hbond substituents is 1. The van der Waals surface area contributed by atoms with Crippen molar-refractivity contribution in [2.45, 2.75) is 11.6 Å². The summed E-state index contributed by atoms with van der Waals surface area (Å²) in [7, 11) is 0. The largest absolute Gasteiger partial charge is 0.508 e. The Morgan fingerprint density at radius 3 is 2.47 bits per heavy atom. The minimum atomic E-state index is -0.358. The second kappa shape index (κ2) is 9.93. The number of nitrogens with zero attached hydrogens (tertiary/aromatic N) is 2. The molecule has 2 amide bonds. The van der Waals surface area contributed by atoms with E-state index in [1.165, 1.54) is 42.2 Å². The van der Waals surface area contributed by atoms with Crippen molar-refractivity contribution in [1.29, 1.82) is 0 Å². The SMILES string of the molecule is CSc1ncc(C(=O)NCCCNC(=O)c2cccc(O)c2)n1-c1ccc(F)cc1. The van der Waals surface area contributed by atoms with Gasteiger partial charge in [-0.15, -0.1) is 0 Å². The molecule has 156 valence electrons. The van der Waals surface area contributed by atoms with Crippen molar-refractivity contribution in [1.82, 2.24) is 20.2 Å². The summed E-state index contributed by atoms with van der Waals surface area (Å²) in [5, 5.41) is 15.6. The number of hydrogen-bond acceptors (Lipinski definition) is 5. The number of imidazole rings is 1. The molecule has 0 spiro atoms. The standard InChI is InChI=1S/C21H21FN4O3S/c1-30-21-25-13-18(26(21)16-8-6-15(22)7-9-16)20(29)24-11-3-10-23-19(28)14-4-2-5-17(27)12-14/h2,4-9,12-13,27H,3,10-11H2,1H3,(H,23,28)(H,24,29). The summed E-state index contributed by atoms with van der Waals surface area (Å²) in [6.45, 7) is 0.713. The maximum Gasteiger partial charge on any atom is 0.269 e. The zero-order valence-electron chi connectivity index (χ0n) is 16.3. The minimum Gasteiger partial charge on any atom is -0.508 e. The van der Waals surface area contributed by atoms with Gasteiger partial charge in [-0.05, 0) is 55.1 Å². The Morgan fingerprint density at radius 2 is 1.80 bits per heavy atom. The lowest BCUT2D eigenvalue weighted by Gasteiger charge is -2.11. The van der Waals surface area contributed by atoms with Crippen LogP contribution in [0.5, 0.6) is 5.75 Å². The van der Waals surface area contributed by atoms with Crippen molar-refractivity contribution in [3.05, 3.63) is 71.8 Å². The Kier molecular flexibility index (Phi) is 7.08. The zero-order valence-corrected chi connectivity index (χ0v) is 17.1. The Morgan fingerprint density at radius 1 is 1.10 bits per heavy atom. The third kappa shape index (κ3) is 5.18. The number of nitrogens with one attached hydrogen (secondary N) is 2. The smallest absolute Gasteiger partial charge is 0.269 e. The maximum atomic E-state index is 13.2. The van der Waals surface area contributed by atoms with Gasteiger partial charge in [-0.25, -0.2) is 9.37 Å². The van der Waals surface area contributed by atoms with Gasteiger partial charge in [-0.3, -0.25) is 14.2 Å². The van der Waals surface area contributed by atoms with Gasteiger partial charge < -0.3 is 15.7 Å². The molecule has 1 aromatic heterocycles. The normalized spacial score (nSPS) is 10.6. The Bertz CT molecular complexity index is 1040. The molecule has 0 aliphatic carbocycles. The molecular weight excluding hydrogens is 407 g/mol. The number of carbonyl (C=O) groups is 2. The van der Waals surface area contributed by atoms with Crippen molar-refractivity contribution >= 4 is 23.6 Å². The van der Waals surface area contributed by atoms with Crippen LogP contribution in [-0.2, 0) is 0 Å². The fraction of sp³-hybridized carbons (Fsp3) is 0.190. The van der Waals surface area contributed by atoms with E-state index in [0.717, 1.165) is 0 Å². The van der Waals surface area contributed by atoms with E-state index in [-0.39, 0.29) is 23.4 Å². The lowest BCUT2D eigenvalue weighted by molar-refractivity contribution is 0.0945. The summed E-state index contributed by atoms with van der Waals surface area (Å²) in [4.78, 5) is 28.9. The summed E-state index contributed by atoms with van der Waals surface area (Å²) in [5.74, 6) is -0.941. The van der Waals surface area contributed by atoms with Gasteiger partial charge in [0.25, 0.3) is 11.8 Å². The van der Waals surface area contributed by atoms with E-state index >= 15 is 0 Å². The third-order valence-corrected chi connectivity index (χ3v) is 4.92. The average molecular weight is 428 g/mol. The topological polar surface area (TPSA) is 96.2 Å². The first-order valence-corrected chi connectivity index (χ1v) is 10.4. The number of aromatic nitrogens is 2. The fourth-order valence-electron chi connectivity index (χ4n) is 2.81. The van der Waals surface area contributed by atoms with Crippen LogP contribution in [0.3, 0.4) is 0 Å². The highest BCUT2D eigenvalue weighted by molar-refractivity contribution is 7.98. The molecule has 30 heavy (non-hydrogen) atoms. The Labute approximate surface area is 177 Å². The number of aromatic hydroxyl groups is 1. The summed E-state index contributed by atoms with van der Waals surface area (Å²) >= 11 is 1.38. The van der Waals surface area contributed by atoms with E-state index in [1.807, 2.05) is 6.26 Å². The number of thioether (sulfide) groups is 1. The molecule has 0 unspecified atom stereocenters. The molecule has 9 heteroatoms. The van der Waals surface area contributed by atoms with Gasteiger partial charge in [0, 0.05) is 24.3 Å². The predicted octanol–water partition coefficient (Wildman–Crippen LogP) is 2.99. The van der Waals surface area contributed by atoms with Gasteiger partial charge >= 0.3 is 0 Å². The molecular formula is C21H21FN4O3S. The highest BCUT2D eigenvalue weighted by Crippen LogP contribution is 2.22. The van der Waals surface area contributed by atoms with Crippen LogP contribution in [-0.4, -0.2) is 45.8 Å². The average Bonchev–Trinajstić information content (AvgIpc) is 3.18. The maximum absolute atomic E-state index is 13.2. The van der Waals surface area contributed by atoms with E-state index in [2.05, 4.69) is 15.6 Å². The summed E-state index contributed by atoms with van der Waals surface area (Å²) in [5.41, 5.74) is 1.35. The number of phenols is 1. The summed E-state index contributed by atoms with van der Waals surface area (Å²) in [6.07, 6.45) is 3.85. The second-order valence-electron chi connectivity index (χ2n) is 6.36. The molecule has 3 aromatic rings. The van der Waals surface area contributed by atoms with Crippen molar-refractivity contribution < 1.29 is 19.1 Å². The zero-order chi connectivity index (χ0) is 21.5. The first kappa shape index (κ1) is 21.4. The summed E-state index contributed by atoms with van der Waals surface area (Å²) < 4.78 is 14.9. The minimum absolute atomic E-state index is 0.0253. The molecule has 1 heterocycles. The number of halogens is 1. The van der Waals surface area contributed by atoms with E-state index in [0.29, 0.717) is 41.6 Å². The molecule has 0 radical (unpaired) electrons. The van der Waals surface area contributed by atoms with Crippen LogP contribution in [0.25, 0.3) is 5.69 Å². The van der Waals surface area contributed by atoms with Crippen LogP contribution in [0.4, 0.5) is 4.39 Å². The monoisotopic (exact) mass is 428 g/mol. The fourth-order valence-corrected chi connectivity index (χ4v) is 3.36. The van der Waals surface area contributed by atoms with E-state index in [1.54, 1.807) is 28.8 Å². The van der Waals surface area contributed by atoms with Crippen LogP contribution in [0.15, 0.2) is 59.9 Å². The van der Waals surface area contributed by atoms with Crippen LogP contribution in [0.1, 0.15) is 27.3 Å². The molecule has 3 N–H and O–H groups in total. The van der Waals surface area contributed by atoms with Gasteiger partial charge in [0.2, 0.25) is 0 Å². The van der Waals surface area contributed by atoms with Gasteiger partial charge in [0.05, 0.1) is 6.20 Å². The molecule has 7 nitrogen and oxygen atoms in total. The number of benzene rings is 2. The Hall–Kier alpha value is -3.33. The number of carbonyl (C=O) groups excluding carboxylic acids is 2. The molecule has 0 aliphatic rings. The predicted molar refractivity (Wildman–Crippen MR) is 113 cm³/mol. The molecule has 2 aromatic carbocycles. The van der Waals surface area contributed by atoms with Gasteiger partial charge in [0.1, 0.15) is 17.3 Å². The van der Waals surface area contributed by atoms with Crippen LogP contribution >= 0.6 is 11.8 Å². The lowest BCUT2D eigenvalue weighted by atomic mass is 10.2. The number of hydrogen-bond donors (Lipinski definition) is 3. The highest BCUT2D eigenvalue weighted by Gasteiger charge is 2.17. The van der Waals surface area contributed by atoms with Crippen LogP contribution < -0.4 is 10.6 Å². The molecule has 0 saturated carbocycles. The van der Waals surface area contributed by atoms with Crippen molar-refractivity contribution in [3.8, 4) is 11.4 Å². The first-order valence-electron chi connectivity index (χ1n) is 9.22. The molecule has 0 saturated heterocycles. The molecule has 0 atom stereocenters. The Balaban J connectivity index is 1.55. The lowest BCUT2D eigenvalue weighted by Crippen LogP contribution is -2.30. The van der Waals surface area contributed by atoms with Gasteiger partial charge in [-0.2, -0.15) is 0 Å². The molecule has 0 fully saturated rings. The van der Waals surface area contributed by atoms with Crippen LogP contribution in [0.2, 0.25) is 0 Å². The van der Waals surface area contributed by atoms with Crippen molar-refractivity contribution in [3.63, 3.8) is 0 Å². The van der Waals surface area contributed by atoms with E-state index < -0.39 is 0 Å². The van der Waals surface area contributed by atoms with E-state index in [4.69, 9.17) is 0 Å². The first-order chi connectivity index (χ1) is 14.5. The highest BCUT2D eigenvalue weighted by atomic mass is 32.2. The number of rotatable bonds is 8. The van der Waals surface area contributed by atoms with Gasteiger partial charge in [-0.1, -0.05) is 17.8 Å². The molecule has 0 bridgehead atoms. The summed E-state index contributed by atoms with van der Waals surface area (Å²) in [6, 6.07) is 11.9. The van der Waals surface area contributed by atoms with Gasteiger partial charge in [0.15, 0.2) is 5.16 Å². The molecule has 3 rings (SSSR count). The quantitative estimate of drug-likeness (QED) is 0.379. The third-order valence-electron chi connectivity index (χ3n) is 4.26. The van der Waals surface area contributed by atoms with E-state index in [9.17, 15) is 19.1 Å². The number of amides is 2. The second-order valence-corrected chi connectivity index (χ2v) is 7.13. The van der Waals surface area contributed by atoms with Crippen LogP contribution in [0, 0.1) is 5.82 Å². The molecule has 0 aliphatic heterocycles. The van der Waals surface area contributed by atoms with Crippen molar-refractivity contribution in [2.75, 3.05) is 19.3 Å².